The van der Waals surface area contributed by atoms with Crippen molar-refractivity contribution in [1.29, 1.82) is 0 Å². The summed E-state index contributed by atoms with van der Waals surface area (Å²) in [5.41, 5.74) is 0.458. The number of amides is 1. The number of alkyl halides is 3. The zero-order chi connectivity index (χ0) is 15.6. The summed E-state index contributed by atoms with van der Waals surface area (Å²) in [6, 6.07) is 4.05. The predicted octanol–water partition coefficient (Wildman–Crippen LogP) is 3.38. The fourth-order valence-electron chi connectivity index (χ4n) is 2.31. The molecule has 0 bridgehead atoms. The van der Waals surface area contributed by atoms with Gasteiger partial charge in [-0.25, -0.2) is 0 Å². The number of nitrogens with zero attached hydrogens (tertiary/aromatic N) is 1. The highest BCUT2D eigenvalue weighted by atomic mass is 19.4. The maximum Gasteiger partial charge on any atom is 0.418 e. The second kappa shape index (κ2) is 5.89. The number of halogens is 3. The lowest BCUT2D eigenvalue weighted by atomic mass is 9.97. The number of nitrogens with one attached hydrogen (secondary N) is 1. The van der Waals surface area contributed by atoms with E-state index in [1.807, 2.05) is 13.1 Å². The van der Waals surface area contributed by atoms with Crippen LogP contribution in [0.3, 0.4) is 0 Å². The first kappa shape index (κ1) is 15.6. The van der Waals surface area contributed by atoms with Crippen molar-refractivity contribution < 1.29 is 18.0 Å². The Morgan fingerprint density at radius 2 is 2.05 bits per heavy atom. The van der Waals surface area contributed by atoms with E-state index >= 15 is 0 Å². The number of benzene rings is 1. The molecule has 1 aliphatic rings. The van der Waals surface area contributed by atoms with E-state index in [1.165, 1.54) is 13.0 Å². The summed E-state index contributed by atoms with van der Waals surface area (Å²) >= 11 is 0. The number of likely N-dealkylation sites (N-methyl/N-ethyl adjacent to an activating group) is 1. The predicted molar refractivity (Wildman–Crippen MR) is 75.8 cm³/mol. The molecule has 0 atom stereocenters. The number of hydrogen-bond acceptors (Lipinski definition) is 2. The van der Waals surface area contributed by atoms with Crippen LogP contribution in [-0.4, -0.2) is 30.9 Å². The van der Waals surface area contributed by atoms with Crippen molar-refractivity contribution in [3.05, 3.63) is 35.4 Å². The lowest BCUT2D eigenvalue weighted by Gasteiger charge is -2.23. The van der Waals surface area contributed by atoms with Crippen LogP contribution in [0.2, 0.25) is 0 Å². The van der Waals surface area contributed by atoms with E-state index < -0.39 is 17.6 Å². The molecule has 1 aliphatic heterocycles. The first-order chi connectivity index (χ1) is 9.77. The second-order valence-electron chi connectivity index (χ2n) is 5.18. The lowest BCUT2D eigenvalue weighted by molar-refractivity contribution is -0.137. The Balaban J connectivity index is 2.40. The second-order valence-corrected chi connectivity index (χ2v) is 5.18. The molecule has 1 amide bonds. The minimum atomic E-state index is -4.50. The van der Waals surface area contributed by atoms with Gasteiger partial charge in [0, 0.05) is 20.0 Å². The average molecular weight is 298 g/mol. The Hall–Kier alpha value is -1.82. The van der Waals surface area contributed by atoms with Gasteiger partial charge in [0.05, 0.1) is 11.3 Å². The quantitative estimate of drug-likeness (QED) is 0.908. The van der Waals surface area contributed by atoms with Crippen molar-refractivity contribution >= 4 is 17.2 Å². The number of hydrogen-bond donors (Lipinski definition) is 1. The maximum absolute atomic E-state index is 13.1. The average Bonchev–Trinajstić information content (AvgIpc) is 2.38. The number of rotatable bonds is 2. The van der Waals surface area contributed by atoms with Gasteiger partial charge in [0.2, 0.25) is 5.91 Å². The molecule has 0 aromatic heterocycles. The van der Waals surface area contributed by atoms with Crippen LogP contribution in [0.4, 0.5) is 18.9 Å². The molecule has 0 unspecified atom stereocenters. The largest absolute Gasteiger partial charge is 0.418 e. The maximum atomic E-state index is 13.1. The van der Waals surface area contributed by atoms with E-state index in [9.17, 15) is 18.0 Å². The molecule has 1 N–H and O–H groups in total. The lowest BCUT2D eigenvalue weighted by Crippen LogP contribution is -2.23. The van der Waals surface area contributed by atoms with E-state index in [2.05, 4.69) is 10.2 Å². The zero-order valence-electron chi connectivity index (χ0n) is 11.9. The van der Waals surface area contributed by atoms with Crippen molar-refractivity contribution in [3.63, 3.8) is 0 Å². The van der Waals surface area contributed by atoms with Crippen LogP contribution >= 0.6 is 0 Å². The third kappa shape index (κ3) is 3.85. The summed E-state index contributed by atoms with van der Waals surface area (Å²) in [4.78, 5) is 13.1. The molecule has 1 heterocycles. The van der Waals surface area contributed by atoms with E-state index in [-0.39, 0.29) is 5.69 Å². The fourth-order valence-corrected chi connectivity index (χ4v) is 2.31. The van der Waals surface area contributed by atoms with Crippen LogP contribution in [0.25, 0.3) is 5.57 Å². The Kier molecular flexibility index (Phi) is 4.37. The van der Waals surface area contributed by atoms with Crippen molar-refractivity contribution in [2.45, 2.75) is 19.5 Å². The number of carbonyl (C=O) groups is 1. The van der Waals surface area contributed by atoms with Gasteiger partial charge in [0.15, 0.2) is 0 Å². The van der Waals surface area contributed by atoms with Gasteiger partial charge < -0.3 is 10.2 Å². The van der Waals surface area contributed by atoms with Crippen molar-refractivity contribution in [2.75, 3.05) is 25.5 Å². The van der Waals surface area contributed by atoms with Gasteiger partial charge in [-0.1, -0.05) is 12.1 Å². The van der Waals surface area contributed by atoms with Gasteiger partial charge in [0.25, 0.3) is 0 Å². The molecule has 1 aromatic carbocycles. The van der Waals surface area contributed by atoms with Crippen LogP contribution in [0.1, 0.15) is 24.5 Å². The molecule has 0 aliphatic carbocycles. The molecule has 0 saturated carbocycles. The van der Waals surface area contributed by atoms with E-state index in [4.69, 9.17) is 0 Å². The molecule has 0 spiro atoms. The van der Waals surface area contributed by atoms with Gasteiger partial charge in [-0.2, -0.15) is 13.2 Å². The van der Waals surface area contributed by atoms with E-state index in [1.54, 1.807) is 6.07 Å². The summed E-state index contributed by atoms with van der Waals surface area (Å²) in [6.45, 7) is 2.73. The smallest absolute Gasteiger partial charge is 0.326 e. The van der Waals surface area contributed by atoms with Crippen LogP contribution in [0.15, 0.2) is 24.3 Å². The van der Waals surface area contributed by atoms with Crippen LogP contribution in [0.5, 0.6) is 0 Å². The third-order valence-electron chi connectivity index (χ3n) is 3.42. The molecule has 2 rings (SSSR count). The number of carbonyl (C=O) groups excluding carboxylic acids is 1. The standard InChI is InChI=1S/C15H17F3N2O/c1-10(21)19-14-4-3-12(9-13(14)15(16,17)18)11-5-7-20(2)8-6-11/h3-5,9H,6-8H2,1-2H3,(H,19,21). The highest BCUT2D eigenvalue weighted by Gasteiger charge is 2.34. The van der Waals surface area contributed by atoms with E-state index in [0.29, 0.717) is 12.0 Å². The van der Waals surface area contributed by atoms with Crippen molar-refractivity contribution in [1.82, 2.24) is 4.90 Å². The molecule has 0 saturated heterocycles. The van der Waals surface area contributed by atoms with Gasteiger partial charge in [-0.05, 0) is 36.7 Å². The summed E-state index contributed by atoms with van der Waals surface area (Å²) in [7, 11) is 1.97. The minimum absolute atomic E-state index is 0.202. The fraction of sp³-hybridized carbons (Fsp3) is 0.400. The van der Waals surface area contributed by atoms with Crippen molar-refractivity contribution in [3.8, 4) is 0 Å². The van der Waals surface area contributed by atoms with Gasteiger partial charge in [-0.15, -0.1) is 0 Å². The first-order valence-electron chi connectivity index (χ1n) is 6.64. The molecule has 21 heavy (non-hydrogen) atoms. The highest BCUT2D eigenvalue weighted by molar-refractivity contribution is 5.90. The van der Waals surface area contributed by atoms with Gasteiger partial charge in [-0.3, -0.25) is 4.79 Å². The summed E-state index contributed by atoms with van der Waals surface area (Å²) < 4.78 is 39.4. The van der Waals surface area contributed by atoms with Gasteiger partial charge in [0.1, 0.15) is 0 Å². The molecular formula is C15H17F3N2O. The van der Waals surface area contributed by atoms with Crippen LogP contribution in [-0.2, 0) is 11.0 Å². The Morgan fingerprint density at radius 3 is 2.57 bits per heavy atom. The SMILES string of the molecule is CC(=O)Nc1ccc(C2=CCN(C)CC2)cc1C(F)(F)F. The van der Waals surface area contributed by atoms with Gasteiger partial charge >= 0.3 is 6.18 Å². The first-order valence-corrected chi connectivity index (χ1v) is 6.64. The Morgan fingerprint density at radius 1 is 1.33 bits per heavy atom. The minimum Gasteiger partial charge on any atom is -0.326 e. The normalized spacial score (nSPS) is 16.5. The van der Waals surface area contributed by atoms with Crippen LogP contribution < -0.4 is 5.32 Å². The molecule has 114 valence electrons. The topological polar surface area (TPSA) is 32.3 Å². The Bertz CT molecular complexity index is 579. The van der Waals surface area contributed by atoms with E-state index in [0.717, 1.165) is 24.7 Å². The monoisotopic (exact) mass is 298 g/mol. The molecular weight excluding hydrogens is 281 g/mol. The molecule has 0 fully saturated rings. The molecule has 3 nitrogen and oxygen atoms in total. The molecule has 1 aromatic rings. The summed E-state index contributed by atoms with van der Waals surface area (Å²) in [6.07, 6.45) is -1.84. The summed E-state index contributed by atoms with van der Waals surface area (Å²) in [5.74, 6) is -0.522. The third-order valence-corrected chi connectivity index (χ3v) is 3.42. The highest BCUT2D eigenvalue weighted by Crippen LogP contribution is 2.37. The summed E-state index contributed by atoms with van der Waals surface area (Å²) in [5, 5.41) is 2.23. The number of anilines is 1. The van der Waals surface area contributed by atoms with Crippen molar-refractivity contribution in [2.24, 2.45) is 0 Å². The molecule has 0 radical (unpaired) electrons. The Labute approximate surface area is 121 Å². The zero-order valence-corrected chi connectivity index (χ0v) is 11.9. The van der Waals surface area contributed by atoms with Crippen LogP contribution in [0, 0.1) is 0 Å². The molecule has 6 heteroatoms.